The van der Waals surface area contributed by atoms with E-state index < -0.39 is 34.5 Å². The van der Waals surface area contributed by atoms with E-state index in [4.69, 9.17) is 16.3 Å². The third-order valence-corrected chi connectivity index (χ3v) is 6.97. The molecule has 1 aromatic carbocycles. The molecule has 1 aliphatic rings. The van der Waals surface area contributed by atoms with Gasteiger partial charge in [0.05, 0.1) is 19.3 Å². The molecule has 0 spiro atoms. The van der Waals surface area contributed by atoms with Crippen molar-refractivity contribution in [2.45, 2.75) is 23.4 Å². The number of sulfonamides is 1. The molecule has 0 atom stereocenters. The molecule has 0 radical (unpaired) electrons. The zero-order chi connectivity index (χ0) is 20.5. The van der Waals surface area contributed by atoms with Crippen LogP contribution in [0.3, 0.4) is 0 Å². The largest absolute Gasteiger partial charge is 1.00 e. The fourth-order valence-electron chi connectivity index (χ4n) is 3.06. The number of carbonyl (C=O) groups is 1. The number of alkyl halides is 1. The van der Waals surface area contributed by atoms with Gasteiger partial charge in [-0.2, -0.15) is 4.31 Å². The molecule has 1 saturated heterocycles. The Morgan fingerprint density at radius 1 is 1.28 bits per heavy atom. The van der Waals surface area contributed by atoms with E-state index in [1.165, 1.54) is 13.2 Å². The van der Waals surface area contributed by atoms with Crippen molar-refractivity contribution in [1.29, 1.82) is 0 Å². The third kappa shape index (κ3) is 4.60. The second-order valence-electron chi connectivity index (χ2n) is 6.36. The predicted molar refractivity (Wildman–Crippen MR) is 98.1 cm³/mol. The number of methoxy groups -OCH3 is 1. The van der Waals surface area contributed by atoms with Crippen molar-refractivity contribution in [2.75, 3.05) is 20.2 Å². The summed E-state index contributed by atoms with van der Waals surface area (Å²) < 4.78 is 46.7. The number of ether oxygens (including phenoxy) is 1. The van der Waals surface area contributed by atoms with E-state index in [0.717, 1.165) is 10.5 Å². The molecule has 0 bridgehead atoms. The minimum absolute atomic E-state index is 0. The van der Waals surface area contributed by atoms with Crippen LogP contribution in [0.15, 0.2) is 41.4 Å². The van der Waals surface area contributed by atoms with Crippen LogP contribution < -0.4 is 28.7 Å². The maximum Gasteiger partial charge on any atom is 1.00 e. The molecule has 0 aliphatic carbocycles. The van der Waals surface area contributed by atoms with Gasteiger partial charge in [-0.15, -0.1) is 0 Å². The smallest absolute Gasteiger partial charge is 0.547 e. The summed E-state index contributed by atoms with van der Waals surface area (Å²) in [6.07, 6.45) is 0.183. The topological polar surface area (TPSA) is 99.6 Å². The Kier molecular flexibility index (Phi) is 7.36. The molecule has 11 heteroatoms. The summed E-state index contributed by atoms with van der Waals surface area (Å²) in [5.74, 6) is -1.63. The molecular formula is C18H17ClFLiN2O5S. The molecule has 1 aromatic heterocycles. The molecule has 7 nitrogen and oxygen atoms in total. The van der Waals surface area contributed by atoms with Gasteiger partial charge in [0.25, 0.3) is 0 Å². The van der Waals surface area contributed by atoms with Crippen molar-refractivity contribution < 1.29 is 46.3 Å². The summed E-state index contributed by atoms with van der Waals surface area (Å²) in [4.78, 5) is 14.8. The second-order valence-corrected chi connectivity index (χ2v) is 8.67. The van der Waals surface area contributed by atoms with Crippen LogP contribution in [-0.4, -0.2) is 49.5 Å². The summed E-state index contributed by atoms with van der Waals surface area (Å²) >= 11 is 6.24. The van der Waals surface area contributed by atoms with E-state index in [1.54, 1.807) is 24.3 Å². The van der Waals surface area contributed by atoms with Gasteiger partial charge >= 0.3 is 18.9 Å². The van der Waals surface area contributed by atoms with Crippen LogP contribution in [0.1, 0.15) is 12.8 Å². The Bertz CT molecular complexity index is 1010. The van der Waals surface area contributed by atoms with Gasteiger partial charge in [0.2, 0.25) is 15.9 Å². The van der Waals surface area contributed by atoms with Gasteiger partial charge < -0.3 is 14.6 Å². The number of benzene rings is 1. The van der Waals surface area contributed by atoms with Crippen LogP contribution in [0.2, 0.25) is 5.02 Å². The van der Waals surface area contributed by atoms with Crippen LogP contribution in [0.4, 0.5) is 4.39 Å². The molecule has 1 fully saturated rings. The quantitative estimate of drug-likeness (QED) is 0.540. The zero-order valence-corrected chi connectivity index (χ0v) is 17.5. The van der Waals surface area contributed by atoms with Crippen LogP contribution in [0.25, 0.3) is 11.1 Å². The molecule has 3 rings (SSSR count). The van der Waals surface area contributed by atoms with Gasteiger partial charge in [-0.25, -0.2) is 17.8 Å². The van der Waals surface area contributed by atoms with Gasteiger partial charge in [-0.1, -0.05) is 29.8 Å². The minimum Gasteiger partial charge on any atom is -0.547 e. The Morgan fingerprint density at radius 3 is 2.45 bits per heavy atom. The summed E-state index contributed by atoms with van der Waals surface area (Å²) in [5, 5.41) is 11.3. The van der Waals surface area contributed by atoms with E-state index >= 15 is 0 Å². The predicted octanol–water partition coefficient (Wildman–Crippen LogP) is -1.34. The van der Waals surface area contributed by atoms with Gasteiger partial charge in [-0.3, -0.25) is 0 Å². The molecule has 2 heterocycles. The van der Waals surface area contributed by atoms with E-state index in [1.807, 2.05) is 0 Å². The first-order valence-electron chi connectivity index (χ1n) is 8.38. The first kappa shape index (κ1) is 23.6. The standard InChI is InChI=1S/C18H18ClFN2O5S.Li/c1-27-16-10-13(12-4-2-3-5-14(12)19)15(11-21-16)28(25,26)22-8-6-18(20,7-9-22)17(23)24;/h2-5,10-11H,6-9H2,1H3,(H,23,24);/q;+1/p-1. The number of hydrogen-bond donors (Lipinski definition) is 0. The fraction of sp³-hybridized carbons (Fsp3) is 0.333. The van der Waals surface area contributed by atoms with E-state index in [9.17, 15) is 22.7 Å². The third-order valence-electron chi connectivity index (χ3n) is 4.71. The Hall–Kier alpha value is -1.63. The number of hydrogen-bond acceptors (Lipinski definition) is 6. The summed E-state index contributed by atoms with van der Waals surface area (Å²) in [6.45, 7) is -0.582. The fourth-order valence-corrected chi connectivity index (χ4v) is 4.87. The van der Waals surface area contributed by atoms with Crippen molar-refractivity contribution in [3.8, 4) is 17.0 Å². The molecular weight excluding hydrogens is 418 g/mol. The number of piperidine rings is 1. The van der Waals surface area contributed by atoms with Crippen molar-refractivity contribution in [1.82, 2.24) is 9.29 Å². The van der Waals surface area contributed by atoms with Gasteiger partial charge in [-0.05, 0) is 6.07 Å². The number of aromatic nitrogens is 1. The van der Waals surface area contributed by atoms with Gasteiger partial charge in [0.1, 0.15) is 4.90 Å². The molecule has 0 saturated carbocycles. The van der Waals surface area contributed by atoms with E-state index in [-0.39, 0.29) is 48.3 Å². The Morgan fingerprint density at radius 2 is 1.90 bits per heavy atom. The number of carboxylic acid groups (broad SMARTS) is 1. The first-order valence-corrected chi connectivity index (χ1v) is 10.2. The maximum atomic E-state index is 14.2. The number of nitrogens with zero attached hydrogens (tertiary/aromatic N) is 2. The summed E-state index contributed by atoms with van der Waals surface area (Å²) in [6, 6.07) is 8.17. The van der Waals surface area contributed by atoms with Crippen molar-refractivity contribution in [3.63, 3.8) is 0 Å². The molecule has 0 amide bonds. The molecule has 29 heavy (non-hydrogen) atoms. The molecule has 1 aliphatic heterocycles. The summed E-state index contributed by atoms with van der Waals surface area (Å²) in [7, 11) is -2.68. The number of pyridine rings is 1. The molecule has 0 N–H and O–H groups in total. The second kappa shape index (κ2) is 9.02. The van der Waals surface area contributed by atoms with E-state index in [2.05, 4.69) is 4.98 Å². The molecule has 0 unspecified atom stereocenters. The average molecular weight is 435 g/mol. The SMILES string of the molecule is COc1cc(-c2ccccc2Cl)c(S(=O)(=O)N2CCC(F)(C(=O)[O-])CC2)cn1.[Li+]. The first-order chi connectivity index (χ1) is 13.2. The van der Waals surface area contributed by atoms with E-state index in [0.29, 0.717) is 10.6 Å². The number of carbonyl (C=O) groups excluding carboxylic acids is 1. The van der Waals surface area contributed by atoms with Gasteiger partial charge in [0, 0.05) is 48.1 Å². The normalized spacial score (nSPS) is 16.7. The minimum atomic E-state index is -4.08. The van der Waals surface area contributed by atoms with Crippen LogP contribution in [0, 0.1) is 0 Å². The number of rotatable bonds is 5. The van der Waals surface area contributed by atoms with Crippen LogP contribution in [-0.2, 0) is 14.8 Å². The average Bonchev–Trinajstić information content (AvgIpc) is 2.68. The van der Waals surface area contributed by atoms with Crippen LogP contribution in [0.5, 0.6) is 5.88 Å². The van der Waals surface area contributed by atoms with Crippen molar-refractivity contribution in [2.24, 2.45) is 0 Å². The van der Waals surface area contributed by atoms with Crippen LogP contribution >= 0.6 is 11.6 Å². The zero-order valence-electron chi connectivity index (χ0n) is 15.9. The maximum absolute atomic E-state index is 14.2. The molecule has 2 aromatic rings. The monoisotopic (exact) mass is 434 g/mol. The molecule has 150 valence electrons. The number of halogens is 2. The van der Waals surface area contributed by atoms with Crippen molar-refractivity contribution >= 4 is 27.6 Å². The van der Waals surface area contributed by atoms with Crippen molar-refractivity contribution in [3.05, 3.63) is 41.6 Å². The van der Waals surface area contributed by atoms with Gasteiger partial charge in [0.15, 0.2) is 5.67 Å². The number of aliphatic carboxylic acids is 1. The Labute approximate surface area is 185 Å². The Balaban J connectivity index is 0.00000300. The summed E-state index contributed by atoms with van der Waals surface area (Å²) in [5.41, 5.74) is -1.78. The number of carboxylic acids is 1.